The first kappa shape index (κ1) is 16.4. The van der Waals surface area contributed by atoms with Crippen molar-refractivity contribution in [3.63, 3.8) is 0 Å². The van der Waals surface area contributed by atoms with Gasteiger partial charge in [-0.1, -0.05) is 6.92 Å². The van der Waals surface area contributed by atoms with Crippen LogP contribution in [0.2, 0.25) is 0 Å². The SMILES string of the molecule is CCCN1Cc2nc(C)nn2C=C1Cn1ccnc1-c1ncccc1F. The summed E-state index contributed by atoms with van der Waals surface area (Å²) in [5, 5.41) is 4.43. The molecule has 0 radical (unpaired) electrons. The molecule has 0 unspecified atom stereocenters. The molecule has 0 saturated carbocycles. The van der Waals surface area contributed by atoms with Crippen LogP contribution in [-0.4, -0.2) is 40.7 Å². The third-order valence-corrected chi connectivity index (χ3v) is 4.33. The zero-order chi connectivity index (χ0) is 18.1. The number of hydrogen-bond acceptors (Lipinski definition) is 5. The van der Waals surface area contributed by atoms with Gasteiger partial charge in [-0.3, -0.25) is 0 Å². The van der Waals surface area contributed by atoms with Crippen LogP contribution in [0, 0.1) is 12.7 Å². The van der Waals surface area contributed by atoms with Gasteiger partial charge in [-0.2, -0.15) is 5.10 Å². The van der Waals surface area contributed by atoms with E-state index < -0.39 is 0 Å². The first-order valence-electron chi connectivity index (χ1n) is 8.65. The zero-order valence-electron chi connectivity index (χ0n) is 14.8. The average molecular weight is 353 g/mol. The number of pyridine rings is 1. The lowest BCUT2D eigenvalue weighted by atomic mass is 10.2. The van der Waals surface area contributed by atoms with Gasteiger partial charge in [-0.25, -0.2) is 24.0 Å². The second-order valence-electron chi connectivity index (χ2n) is 6.27. The lowest BCUT2D eigenvalue weighted by molar-refractivity contribution is 0.300. The van der Waals surface area contributed by atoms with Crippen molar-refractivity contribution in [2.24, 2.45) is 0 Å². The molecule has 4 heterocycles. The summed E-state index contributed by atoms with van der Waals surface area (Å²) < 4.78 is 17.9. The smallest absolute Gasteiger partial charge is 0.162 e. The lowest BCUT2D eigenvalue weighted by Crippen LogP contribution is -2.31. The highest BCUT2D eigenvalue weighted by molar-refractivity contribution is 5.50. The van der Waals surface area contributed by atoms with Gasteiger partial charge in [0.25, 0.3) is 0 Å². The number of aromatic nitrogens is 6. The number of halogens is 1. The molecule has 0 N–H and O–H groups in total. The maximum atomic E-state index is 14.1. The molecule has 0 aromatic carbocycles. The number of fused-ring (bicyclic) bond motifs is 1. The molecule has 8 heteroatoms. The van der Waals surface area contributed by atoms with Crippen molar-refractivity contribution >= 4 is 6.20 Å². The van der Waals surface area contributed by atoms with E-state index in [9.17, 15) is 4.39 Å². The fraction of sp³-hybridized carbons (Fsp3) is 0.333. The van der Waals surface area contributed by atoms with E-state index in [2.05, 4.69) is 31.9 Å². The average Bonchev–Trinajstić information content (AvgIpc) is 3.21. The highest BCUT2D eigenvalue weighted by Gasteiger charge is 2.22. The highest BCUT2D eigenvalue weighted by atomic mass is 19.1. The van der Waals surface area contributed by atoms with E-state index in [4.69, 9.17) is 0 Å². The molecule has 26 heavy (non-hydrogen) atoms. The van der Waals surface area contributed by atoms with Crippen LogP contribution in [0.25, 0.3) is 17.7 Å². The second kappa shape index (κ2) is 6.70. The Bertz CT molecular complexity index is 956. The first-order chi connectivity index (χ1) is 12.7. The van der Waals surface area contributed by atoms with Crippen LogP contribution in [-0.2, 0) is 13.1 Å². The quantitative estimate of drug-likeness (QED) is 0.706. The van der Waals surface area contributed by atoms with Crippen LogP contribution in [0.15, 0.2) is 36.4 Å². The molecule has 7 nitrogen and oxygen atoms in total. The van der Waals surface area contributed by atoms with Crippen molar-refractivity contribution < 1.29 is 4.39 Å². The molecule has 134 valence electrons. The van der Waals surface area contributed by atoms with Crippen LogP contribution in [0.3, 0.4) is 0 Å². The number of aryl methyl sites for hydroxylation is 1. The summed E-state index contributed by atoms with van der Waals surface area (Å²) >= 11 is 0. The summed E-state index contributed by atoms with van der Waals surface area (Å²) in [6.07, 6.45) is 8.10. The summed E-state index contributed by atoms with van der Waals surface area (Å²) in [5.74, 6) is 1.83. The summed E-state index contributed by atoms with van der Waals surface area (Å²) in [5.41, 5.74) is 1.34. The van der Waals surface area contributed by atoms with Gasteiger partial charge in [0.05, 0.1) is 25.0 Å². The standard InChI is InChI=1S/C18H20FN7/c1-3-8-24-12-16-22-13(2)23-26(16)11-14(24)10-25-9-7-21-18(25)17-15(19)5-4-6-20-17/h4-7,9,11H,3,8,10,12H2,1-2H3. The molecule has 1 aliphatic heterocycles. The highest BCUT2D eigenvalue weighted by Crippen LogP contribution is 2.23. The maximum absolute atomic E-state index is 14.1. The van der Waals surface area contributed by atoms with Gasteiger partial charge >= 0.3 is 0 Å². The predicted molar refractivity (Wildman–Crippen MR) is 95.1 cm³/mol. The molecular weight excluding hydrogens is 333 g/mol. The molecule has 4 rings (SSSR count). The molecule has 0 aliphatic carbocycles. The molecule has 0 bridgehead atoms. The van der Waals surface area contributed by atoms with Gasteiger partial charge in [0.15, 0.2) is 17.5 Å². The van der Waals surface area contributed by atoms with Gasteiger partial charge in [-0.05, 0) is 25.5 Å². The summed E-state index contributed by atoms with van der Waals surface area (Å²) in [6, 6.07) is 2.97. The van der Waals surface area contributed by atoms with Crippen LogP contribution >= 0.6 is 0 Å². The number of allylic oxidation sites excluding steroid dienone is 1. The Balaban J connectivity index is 1.69. The van der Waals surface area contributed by atoms with E-state index in [1.807, 2.05) is 28.6 Å². The topological polar surface area (TPSA) is 64.7 Å². The van der Waals surface area contributed by atoms with Gasteiger partial charge in [0.2, 0.25) is 0 Å². The van der Waals surface area contributed by atoms with Crippen molar-refractivity contribution in [3.05, 3.63) is 53.9 Å². The lowest BCUT2D eigenvalue weighted by Gasteiger charge is -2.30. The Hall–Kier alpha value is -3.03. The molecule has 3 aromatic heterocycles. The third-order valence-electron chi connectivity index (χ3n) is 4.33. The predicted octanol–water partition coefficient (Wildman–Crippen LogP) is 2.71. The molecule has 0 amide bonds. The van der Waals surface area contributed by atoms with Gasteiger partial charge < -0.3 is 9.47 Å². The van der Waals surface area contributed by atoms with Crippen LogP contribution in [0.4, 0.5) is 4.39 Å². The summed E-state index contributed by atoms with van der Waals surface area (Å²) in [7, 11) is 0. The van der Waals surface area contributed by atoms with Crippen molar-refractivity contribution in [2.45, 2.75) is 33.4 Å². The molecule has 0 spiro atoms. The number of imidazole rings is 1. The largest absolute Gasteiger partial charge is 0.365 e. The van der Waals surface area contributed by atoms with Crippen LogP contribution in [0.1, 0.15) is 25.0 Å². The van der Waals surface area contributed by atoms with Crippen molar-refractivity contribution in [2.75, 3.05) is 6.54 Å². The summed E-state index contributed by atoms with van der Waals surface area (Å²) in [4.78, 5) is 15.2. The van der Waals surface area contributed by atoms with E-state index >= 15 is 0 Å². The Labute approximate surface area is 150 Å². The first-order valence-corrected chi connectivity index (χ1v) is 8.65. The third kappa shape index (κ3) is 2.98. The molecule has 0 saturated heterocycles. The molecule has 3 aromatic rings. The minimum atomic E-state index is -0.378. The van der Waals surface area contributed by atoms with E-state index in [0.29, 0.717) is 18.9 Å². The molecule has 0 atom stereocenters. The Morgan fingerprint density at radius 3 is 2.92 bits per heavy atom. The maximum Gasteiger partial charge on any atom is 0.162 e. The van der Waals surface area contributed by atoms with Crippen LogP contribution in [0.5, 0.6) is 0 Å². The summed E-state index contributed by atoms with van der Waals surface area (Å²) in [6.45, 7) is 6.22. The second-order valence-corrected chi connectivity index (χ2v) is 6.27. The fourth-order valence-corrected chi connectivity index (χ4v) is 3.19. The molecule has 0 fully saturated rings. The van der Waals surface area contributed by atoms with E-state index in [1.54, 1.807) is 18.5 Å². The van der Waals surface area contributed by atoms with E-state index in [-0.39, 0.29) is 11.5 Å². The Morgan fingerprint density at radius 2 is 2.12 bits per heavy atom. The number of hydrogen-bond donors (Lipinski definition) is 0. The zero-order valence-corrected chi connectivity index (χ0v) is 14.8. The minimum Gasteiger partial charge on any atom is -0.365 e. The van der Waals surface area contributed by atoms with Crippen molar-refractivity contribution in [3.8, 4) is 11.5 Å². The molecular formula is C18H20FN7. The minimum absolute atomic E-state index is 0.258. The Kier molecular flexibility index (Phi) is 4.24. The van der Waals surface area contributed by atoms with Crippen LogP contribution < -0.4 is 0 Å². The van der Waals surface area contributed by atoms with Gasteiger partial charge in [-0.15, -0.1) is 0 Å². The van der Waals surface area contributed by atoms with Crippen molar-refractivity contribution in [1.82, 2.24) is 34.2 Å². The fourth-order valence-electron chi connectivity index (χ4n) is 3.19. The number of rotatable bonds is 5. The molecule has 1 aliphatic rings. The monoisotopic (exact) mass is 353 g/mol. The normalized spacial score (nSPS) is 13.7. The van der Waals surface area contributed by atoms with E-state index in [1.165, 1.54) is 6.07 Å². The van der Waals surface area contributed by atoms with Gasteiger partial charge in [0.1, 0.15) is 11.5 Å². The van der Waals surface area contributed by atoms with Gasteiger partial charge in [0, 0.05) is 25.1 Å². The Morgan fingerprint density at radius 1 is 1.23 bits per heavy atom. The van der Waals surface area contributed by atoms with Crippen molar-refractivity contribution in [1.29, 1.82) is 0 Å². The van der Waals surface area contributed by atoms with E-state index in [0.717, 1.165) is 30.3 Å². The number of nitrogens with zero attached hydrogens (tertiary/aromatic N) is 7.